The van der Waals surface area contributed by atoms with E-state index in [0.29, 0.717) is 11.3 Å². The number of halogens is 1. The maximum Gasteiger partial charge on any atom is 0.291 e. The number of furan rings is 1. The first-order valence-corrected chi connectivity index (χ1v) is 6.99. The quantitative estimate of drug-likeness (QED) is 0.736. The summed E-state index contributed by atoms with van der Waals surface area (Å²) < 4.78 is 6.55. The minimum Gasteiger partial charge on any atom is -0.451 e. The summed E-state index contributed by atoms with van der Waals surface area (Å²) in [5.74, 6) is 0.0645. The normalized spacial score (nSPS) is 10.7. The summed E-state index contributed by atoms with van der Waals surface area (Å²) in [6.07, 6.45) is 0. The molecule has 0 bridgehead atoms. The number of carbonyl (C=O) groups is 1. The van der Waals surface area contributed by atoms with Gasteiger partial charge in [0, 0.05) is 15.5 Å². The van der Waals surface area contributed by atoms with Crippen molar-refractivity contribution in [2.24, 2.45) is 0 Å². The summed E-state index contributed by atoms with van der Waals surface area (Å²) in [6.45, 7) is 1.97. The lowest BCUT2D eigenvalue weighted by molar-refractivity contribution is 0.0998. The lowest BCUT2D eigenvalue weighted by atomic mass is 10.2. The van der Waals surface area contributed by atoms with Crippen molar-refractivity contribution < 1.29 is 9.21 Å². The minimum atomic E-state index is -0.247. The second-order valence-corrected chi connectivity index (χ2v) is 5.42. The molecule has 0 aliphatic rings. The Balaban J connectivity index is 1.86. The molecule has 1 amide bonds. The first kappa shape index (κ1) is 12.9. The Hall–Kier alpha value is -2.07. The van der Waals surface area contributed by atoms with Crippen LogP contribution in [0.3, 0.4) is 0 Å². The molecule has 1 aromatic heterocycles. The van der Waals surface area contributed by atoms with Gasteiger partial charge in [-0.15, -0.1) is 0 Å². The van der Waals surface area contributed by atoms with Crippen molar-refractivity contribution in [1.82, 2.24) is 0 Å². The van der Waals surface area contributed by atoms with Gasteiger partial charge < -0.3 is 9.73 Å². The van der Waals surface area contributed by atoms with Crippen LogP contribution < -0.4 is 5.32 Å². The van der Waals surface area contributed by atoms with E-state index in [1.165, 1.54) is 0 Å². The third-order valence-corrected chi connectivity index (χ3v) is 3.95. The van der Waals surface area contributed by atoms with E-state index in [2.05, 4.69) is 21.2 Å². The van der Waals surface area contributed by atoms with Crippen LogP contribution in [0.4, 0.5) is 5.69 Å². The predicted octanol–water partition coefficient (Wildman–Crippen LogP) is 4.76. The van der Waals surface area contributed by atoms with Crippen molar-refractivity contribution in [3.05, 3.63) is 64.3 Å². The van der Waals surface area contributed by atoms with Gasteiger partial charge in [-0.25, -0.2) is 0 Å². The van der Waals surface area contributed by atoms with Gasteiger partial charge in [-0.1, -0.05) is 34.1 Å². The van der Waals surface area contributed by atoms with Crippen molar-refractivity contribution in [3.63, 3.8) is 0 Å². The number of para-hydroxylation sites is 1. The van der Waals surface area contributed by atoms with Gasteiger partial charge in [-0.2, -0.15) is 0 Å². The predicted molar refractivity (Wildman–Crippen MR) is 83.0 cm³/mol. The van der Waals surface area contributed by atoms with Crippen LogP contribution in [-0.2, 0) is 0 Å². The Morgan fingerprint density at radius 1 is 1.15 bits per heavy atom. The number of anilines is 1. The molecule has 100 valence electrons. The maximum atomic E-state index is 12.2. The molecule has 2 aromatic carbocycles. The summed E-state index contributed by atoms with van der Waals surface area (Å²) in [5.41, 5.74) is 2.52. The average molecular weight is 330 g/mol. The summed E-state index contributed by atoms with van der Waals surface area (Å²) >= 11 is 3.43. The number of benzene rings is 2. The third-order valence-electron chi connectivity index (χ3n) is 3.07. The second kappa shape index (κ2) is 5.13. The zero-order valence-electron chi connectivity index (χ0n) is 10.8. The van der Waals surface area contributed by atoms with Crippen LogP contribution in [0.15, 0.2) is 57.4 Å². The summed E-state index contributed by atoms with van der Waals surface area (Å²) in [4.78, 5) is 12.2. The maximum absolute atomic E-state index is 12.2. The lowest BCUT2D eigenvalue weighted by Crippen LogP contribution is -2.10. The van der Waals surface area contributed by atoms with Gasteiger partial charge >= 0.3 is 0 Å². The molecule has 0 saturated heterocycles. The number of carbonyl (C=O) groups excluding carboxylic acids is 1. The number of amides is 1. The monoisotopic (exact) mass is 329 g/mol. The minimum absolute atomic E-state index is 0.247. The standard InChI is InChI=1S/C16H12BrNO2/c1-10-8-12(6-7-13(10)17)18-16(19)15-9-11-4-2-3-5-14(11)20-15/h2-9H,1H3,(H,18,19). The molecular weight excluding hydrogens is 318 g/mol. The van der Waals surface area contributed by atoms with Crippen molar-refractivity contribution in [2.75, 3.05) is 5.32 Å². The zero-order valence-corrected chi connectivity index (χ0v) is 12.4. The molecule has 1 N–H and O–H groups in total. The van der Waals surface area contributed by atoms with Crippen LogP contribution in [0.25, 0.3) is 11.0 Å². The van der Waals surface area contributed by atoms with Gasteiger partial charge in [-0.3, -0.25) is 4.79 Å². The van der Waals surface area contributed by atoms with Gasteiger partial charge in [0.1, 0.15) is 5.58 Å². The molecule has 3 nitrogen and oxygen atoms in total. The smallest absolute Gasteiger partial charge is 0.291 e. The van der Waals surface area contributed by atoms with Gasteiger partial charge in [0.2, 0.25) is 0 Å². The van der Waals surface area contributed by atoms with Crippen molar-refractivity contribution in [2.45, 2.75) is 6.92 Å². The zero-order chi connectivity index (χ0) is 14.1. The van der Waals surface area contributed by atoms with Crippen LogP contribution in [-0.4, -0.2) is 5.91 Å². The molecule has 0 atom stereocenters. The van der Waals surface area contributed by atoms with Crippen LogP contribution in [0, 0.1) is 6.92 Å². The summed E-state index contributed by atoms with van der Waals surface area (Å²) in [5, 5.41) is 3.75. The van der Waals surface area contributed by atoms with Crippen LogP contribution >= 0.6 is 15.9 Å². The molecular formula is C16H12BrNO2. The van der Waals surface area contributed by atoms with E-state index in [1.54, 1.807) is 6.07 Å². The van der Waals surface area contributed by atoms with Crippen molar-refractivity contribution >= 4 is 38.5 Å². The Morgan fingerprint density at radius 3 is 2.70 bits per heavy atom. The number of hydrogen-bond acceptors (Lipinski definition) is 2. The average Bonchev–Trinajstić information content (AvgIpc) is 2.87. The highest BCUT2D eigenvalue weighted by molar-refractivity contribution is 9.10. The van der Waals surface area contributed by atoms with Crippen LogP contribution in [0.1, 0.15) is 16.1 Å². The number of aryl methyl sites for hydroxylation is 1. The molecule has 0 spiro atoms. The molecule has 20 heavy (non-hydrogen) atoms. The molecule has 4 heteroatoms. The van der Waals surface area contributed by atoms with E-state index in [0.717, 1.165) is 21.1 Å². The molecule has 0 radical (unpaired) electrons. The fraction of sp³-hybridized carbons (Fsp3) is 0.0625. The van der Waals surface area contributed by atoms with E-state index in [9.17, 15) is 4.79 Å². The molecule has 0 unspecified atom stereocenters. The Morgan fingerprint density at radius 2 is 1.95 bits per heavy atom. The Kier molecular flexibility index (Phi) is 3.32. The fourth-order valence-corrected chi connectivity index (χ4v) is 2.26. The highest BCUT2D eigenvalue weighted by Crippen LogP contribution is 2.22. The molecule has 0 aliphatic carbocycles. The van der Waals surface area contributed by atoms with Gasteiger partial charge in [0.25, 0.3) is 5.91 Å². The largest absolute Gasteiger partial charge is 0.451 e. The summed E-state index contributed by atoms with van der Waals surface area (Å²) in [6, 6.07) is 15.0. The van der Waals surface area contributed by atoms with E-state index >= 15 is 0 Å². The third kappa shape index (κ3) is 2.47. The molecule has 3 rings (SSSR count). The second-order valence-electron chi connectivity index (χ2n) is 4.57. The topological polar surface area (TPSA) is 42.2 Å². The molecule has 1 heterocycles. The molecule has 0 aliphatic heterocycles. The molecule has 0 fully saturated rings. The highest BCUT2D eigenvalue weighted by atomic mass is 79.9. The van der Waals surface area contributed by atoms with E-state index in [4.69, 9.17) is 4.42 Å². The first-order chi connectivity index (χ1) is 9.63. The van der Waals surface area contributed by atoms with Gasteiger partial charge in [0.15, 0.2) is 5.76 Å². The Labute approximate surface area is 124 Å². The summed E-state index contributed by atoms with van der Waals surface area (Å²) in [7, 11) is 0. The molecule has 3 aromatic rings. The molecule has 0 saturated carbocycles. The van der Waals surface area contributed by atoms with Crippen LogP contribution in [0.2, 0.25) is 0 Å². The van der Waals surface area contributed by atoms with Crippen molar-refractivity contribution in [3.8, 4) is 0 Å². The highest BCUT2D eigenvalue weighted by Gasteiger charge is 2.12. The van der Waals surface area contributed by atoms with Crippen LogP contribution in [0.5, 0.6) is 0 Å². The SMILES string of the molecule is Cc1cc(NC(=O)c2cc3ccccc3o2)ccc1Br. The number of hydrogen-bond donors (Lipinski definition) is 1. The van der Waals surface area contributed by atoms with E-state index in [1.807, 2.05) is 49.4 Å². The van der Waals surface area contributed by atoms with Crippen molar-refractivity contribution in [1.29, 1.82) is 0 Å². The fourth-order valence-electron chi connectivity index (χ4n) is 2.01. The number of fused-ring (bicyclic) bond motifs is 1. The van der Waals surface area contributed by atoms with E-state index in [-0.39, 0.29) is 5.91 Å². The number of rotatable bonds is 2. The van der Waals surface area contributed by atoms with E-state index < -0.39 is 0 Å². The number of nitrogens with one attached hydrogen (secondary N) is 1. The lowest BCUT2D eigenvalue weighted by Gasteiger charge is -2.05. The van der Waals surface area contributed by atoms with Gasteiger partial charge in [0.05, 0.1) is 0 Å². The first-order valence-electron chi connectivity index (χ1n) is 6.19. The van der Waals surface area contributed by atoms with Gasteiger partial charge in [-0.05, 0) is 42.8 Å². The Bertz CT molecular complexity index is 759.